The third-order valence-corrected chi connectivity index (χ3v) is 3.36. The number of carbonyl (C=O) groups is 2. The van der Waals surface area contributed by atoms with Gasteiger partial charge in [-0.15, -0.1) is 0 Å². The van der Waals surface area contributed by atoms with E-state index >= 15 is 0 Å². The highest BCUT2D eigenvalue weighted by molar-refractivity contribution is 5.94. The number of carboxylic acids is 1. The molecule has 0 bridgehead atoms. The van der Waals surface area contributed by atoms with Crippen molar-refractivity contribution in [2.45, 2.75) is 19.4 Å². The van der Waals surface area contributed by atoms with Crippen molar-refractivity contribution < 1.29 is 19.4 Å². The monoisotopic (exact) mass is 278 g/mol. The Kier molecular flexibility index (Phi) is 4.57. The van der Waals surface area contributed by atoms with Crippen molar-refractivity contribution in [3.8, 4) is 5.75 Å². The molecule has 2 rings (SSSR count). The van der Waals surface area contributed by atoms with Crippen molar-refractivity contribution >= 4 is 17.6 Å². The second-order valence-electron chi connectivity index (χ2n) is 4.81. The number of para-hydroxylation sites is 2. The van der Waals surface area contributed by atoms with Gasteiger partial charge in [-0.1, -0.05) is 12.1 Å². The van der Waals surface area contributed by atoms with Crippen LogP contribution in [0.3, 0.4) is 0 Å². The van der Waals surface area contributed by atoms with Crippen molar-refractivity contribution in [3.63, 3.8) is 0 Å². The standard InChI is InChI=1S/C14H18N2O4/c1-9-10(6-7-15-9)14(19)16-11-4-2-3-5-12(11)20-8-13(17)18/h2-5,9-10,15H,6-8H2,1H3,(H,16,19)(H,17,18). The number of benzene rings is 1. The van der Waals surface area contributed by atoms with Crippen LogP contribution in [-0.4, -0.2) is 36.2 Å². The van der Waals surface area contributed by atoms with Gasteiger partial charge in [-0.2, -0.15) is 0 Å². The van der Waals surface area contributed by atoms with Gasteiger partial charge in [0.2, 0.25) is 5.91 Å². The lowest BCUT2D eigenvalue weighted by molar-refractivity contribution is -0.139. The van der Waals surface area contributed by atoms with Gasteiger partial charge in [0, 0.05) is 6.04 Å². The van der Waals surface area contributed by atoms with Crippen LogP contribution in [0.2, 0.25) is 0 Å². The second kappa shape index (κ2) is 6.38. The minimum absolute atomic E-state index is 0.0751. The Bertz CT molecular complexity index is 504. The summed E-state index contributed by atoms with van der Waals surface area (Å²) < 4.78 is 5.16. The normalized spacial score (nSPS) is 21.4. The Balaban J connectivity index is 2.04. The van der Waals surface area contributed by atoms with Crippen LogP contribution in [0.25, 0.3) is 0 Å². The highest BCUT2D eigenvalue weighted by Crippen LogP contribution is 2.25. The minimum atomic E-state index is -1.06. The van der Waals surface area contributed by atoms with Crippen LogP contribution in [0.5, 0.6) is 5.75 Å². The third-order valence-electron chi connectivity index (χ3n) is 3.36. The first kappa shape index (κ1) is 14.3. The molecule has 0 aromatic heterocycles. The maximum absolute atomic E-state index is 12.2. The zero-order valence-corrected chi connectivity index (χ0v) is 11.3. The lowest BCUT2D eigenvalue weighted by atomic mass is 10.0. The van der Waals surface area contributed by atoms with Gasteiger partial charge in [-0.25, -0.2) is 4.79 Å². The number of nitrogens with one attached hydrogen (secondary N) is 2. The number of rotatable bonds is 5. The van der Waals surface area contributed by atoms with Crippen LogP contribution in [0.4, 0.5) is 5.69 Å². The Morgan fingerprint density at radius 2 is 2.20 bits per heavy atom. The lowest BCUT2D eigenvalue weighted by Crippen LogP contribution is -2.32. The minimum Gasteiger partial charge on any atom is -0.480 e. The quantitative estimate of drug-likeness (QED) is 0.750. The summed E-state index contributed by atoms with van der Waals surface area (Å²) in [7, 11) is 0. The predicted octanol–water partition coefficient (Wildman–Crippen LogP) is 1.09. The van der Waals surface area contributed by atoms with Gasteiger partial charge in [-0.05, 0) is 32.0 Å². The molecule has 6 nitrogen and oxygen atoms in total. The van der Waals surface area contributed by atoms with Crippen molar-refractivity contribution in [2.75, 3.05) is 18.5 Å². The van der Waals surface area contributed by atoms with Gasteiger partial charge in [0.25, 0.3) is 0 Å². The van der Waals surface area contributed by atoms with E-state index in [2.05, 4.69) is 10.6 Å². The summed E-state index contributed by atoms with van der Waals surface area (Å²) in [5.41, 5.74) is 0.498. The second-order valence-corrected chi connectivity index (χ2v) is 4.81. The average Bonchev–Trinajstić information content (AvgIpc) is 2.84. The van der Waals surface area contributed by atoms with Crippen LogP contribution < -0.4 is 15.4 Å². The molecule has 0 saturated carbocycles. The van der Waals surface area contributed by atoms with E-state index in [0.29, 0.717) is 11.4 Å². The Morgan fingerprint density at radius 3 is 2.85 bits per heavy atom. The highest BCUT2D eigenvalue weighted by Gasteiger charge is 2.29. The third kappa shape index (κ3) is 3.48. The molecule has 108 valence electrons. The summed E-state index contributed by atoms with van der Waals surface area (Å²) in [5.74, 6) is -0.849. The van der Waals surface area contributed by atoms with Crippen LogP contribution >= 0.6 is 0 Å². The van der Waals surface area contributed by atoms with Gasteiger partial charge >= 0.3 is 5.97 Å². The summed E-state index contributed by atoms with van der Waals surface area (Å²) in [5, 5.41) is 14.7. The molecule has 1 aromatic rings. The Labute approximate surface area is 117 Å². The van der Waals surface area contributed by atoms with Crippen LogP contribution in [0.15, 0.2) is 24.3 Å². The molecule has 2 unspecified atom stereocenters. The van der Waals surface area contributed by atoms with E-state index < -0.39 is 12.6 Å². The summed E-state index contributed by atoms with van der Waals surface area (Å²) in [6.07, 6.45) is 0.797. The summed E-state index contributed by atoms with van der Waals surface area (Å²) >= 11 is 0. The van der Waals surface area contributed by atoms with E-state index in [-0.39, 0.29) is 17.9 Å². The summed E-state index contributed by atoms with van der Waals surface area (Å²) in [4.78, 5) is 22.7. The largest absolute Gasteiger partial charge is 0.480 e. The SMILES string of the molecule is CC1NCCC1C(=O)Nc1ccccc1OCC(=O)O. The van der Waals surface area contributed by atoms with Gasteiger partial charge in [0.05, 0.1) is 11.6 Å². The molecular formula is C14H18N2O4. The lowest BCUT2D eigenvalue weighted by Gasteiger charge is -2.16. The first-order chi connectivity index (χ1) is 9.58. The smallest absolute Gasteiger partial charge is 0.341 e. The van der Waals surface area contributed by atoms with E-state index in [1.165, 1.54) is 0 Å². The van der Waals surface area contributed by atoms with Crippen molar-refractivity contribution in [1.29, 1.82) is 0 Å². The number of hydrogen-bond acceptors (Lipinski definition) is 4. The van der Waals surface area contributed by atoms with E-state index in [9.17, 15) is 9.59 Å². The molecule has 1 fully saturated rings. The number of amides is 1. The molecule has 1 aliphatic heterocycles. The van der Waals surface area contributed by atoms with E-state index in [1.807, 2.05) is 6.92 Å². The molecular weight excluding hydrogens is 260 g/mol. The number of ether oxygens (including phenoxy) is 1. The zero-order chi connectivity index (χ0) is 14.5. The molecule has 1 amide bonds. The number of anilines is 1. The number of carbonyl (C=O) groups excluding carboxylic acids is 1. The molecule has 20 heavy (non-hydrogen) atoms. The van der Waals surface area contributed by atoms with E-state index in [1.54, 1.807) is 24.3 Å². The maximum atomic E-state index is 12.2. The number of hydrogen-bond donors (Lipinski definition) is 3. The fourth-order valence-corrected chi connectivity index (χ4v) is 2.28. The molecule has 1 aliphatic rings. The molecule has 6 heteroatoms. The molecule has 1 saturated heterocycles. The molecule has 3 N–H and O–H groups in total. The van der Waals surface area contributed by atoms with Gasteiger partial charge in [0.15, 0.2) is 6.61 Å². The van der Waals surface area contributed by atoms with Crippen LogP contribution in [0.1, 0.15) is 13.3 Å². The first-order valence-corrected chi connectivity index (χ1v) is 6.56. The first-order valence-electron chi connectivity index (χ1n) is 6.56. The summed E-state index contributed by atoms with van der Waals surface area (Å²) in [6.45, 7) is 2.37. The molecule has 0 radical (unpaired) electrons. The Morgan fingerprint density at radius 1 is 1.45 bits per heavy atom. The van der Waals surface area contributed by atoms with Crippen LogP contribution in [-0.2, 0) is 9.59 Å². The predicted molar refractivity (Wildman–Crippen MR) is 73.8 cm³/mol. The maximum Gasteiger partial charge on any atom is 0.341 e. The van der Waals surface area contributed by atoms with E-state index in [4.69, 9.17) is 9.84 Å². The van der Waals surface area contributed by atoms with E-state index in [0.717, 1.165) is 13.0 Å². The molecule has 2 atom stereocenters. The van der Waals surface area contributed by atoms with Crippen LogP contribution in [0, 0.1) is 5.92 Å². The topological polar surface area (TPSA) is 87.7 Å². The number of carboxylic acid groups (broad SMARTS) is 1. The number of aliphatic carboxylic acids is 1. The van der Waals surface area contributed by atoms with Gasteiger partial charge < -0.3 is 20.5 Å². The van der Waals surface area contributed by atoms with Crippen molar-refractivity contribution in [1.82, 2.24) is 5.32 Å². The fraction of sp³-hybridized carbons (Fsp3) is 0.429. The Hall–Kier alpha value is -2.08. The fourth-order valence-electron chi connectivity index (χ4n) is 2.28. The van der Waals surface area contributed by atoms with Crippen molar-refractivity contribution in [3.05, 3.63) is 24.3 Å². The molecule has 1 heterocycles. The average molecular weight is 278 g/mol. The summed E-state index contributed by atoms with van der Waals surface area (Å²) in [6, 6.07) is 6.96. The van der Waals surface area contributed by atoms with Gasteiger partial charge in [0.1, 0.15) is 5.75 Å². The zero-order valence-electron chi connectivity index (χ0n) is 11.3. The highest BCUT2D eigenvalue weighted by atomic mass is 16.5. The molecule has 0 spiro atoms. The molecule has 0 aliphatic carbocycles. The van der Waals surface area contributed by atoms with Crippen molar-refractivity contribution in [2.24, 2.45) is 5.92 Å². The van der Waals surface area contributed by atoms with Gasteiger partial charge in [-0.3, -0.25) is 4.79 Å². The molecule has 1 aromatic carbocycles.